The average Bonchev–Trinajstić information content (AvgIpc) is 3.46. The van der Waals surface area contributed by atoms with Crippen LogP contribution in [0.5, 0.6) is 17.2 Å². The van der Waals surface area contributed by atoms with Crippen molar-refractivity contribution in [1.29, 1.82) is 0 Å². The summed E-state index contributed by atoms with van der Waals surface area (Å²) >= 11 is 0. The molecule has 2 atom stereocenters. The van der Waals surface area contributed by atoms with Gasteiger partial charge in [-0.05, 0) is 37.1 Å². The molecule has 3 aliphatic heterocycles. The van der Waals surface area contributed by atoms with Gasteiger partial charge < -0.3 is 19.5 Å². The minimum atomic E-state index is -1.34. The zero-order valence-electron chi connectivity index (χ0n) is 18.2. The molecule has 0 radical (unpaired) electrons. The van der Waals surface area contributed by atoms with Crippen LogP contribution >= 0.6 is 0 Å². The van der Waals surface area contributed by atoms with Gasteiger partial charge in [-0.15, -0.1) is 0 Å². The second kappa shape index (κ2) is 6.97. The number of hydrogen-bond donors (Lipinski definition) is 1. The van der Waals surface area contributed by atoms with Crippen molar-refractivity contribution < 1.29 is 23.8 Å². The van der Waals surface area contributed by atoms with E-state index >= 15 is 0 Å². The Balaban J connectivity index is 1.59. The number of benzene rings is 3. The molecule has 1 spiro atoms. The van der Waals surface area contributed by atoms with Crippen molar-refractivity contribution in [3.8, 4) is 17.2 Å². The number of hydrogen-bond acceptors (Lipinski definition) is 5. The van der Waals surface area contributed by atoms with Crippen LogP contribution in [-0.2, 0) is 10.4 Å². The normalized spacial score (nSPS) is 21.8. The first kappa shape index (κ1) is 19.6. The summed E-state index contributed by atoms with van der Waals surface area (Å²) in [5, 5.41) is 2.96. The van der Waals surface area contributed by atoms with Crippen LogP contribution in [0, 0.1) is 6.92 Å². The van der Waals surface area contributed by atoms with Crippen molar-refractivity contribution in [2.75, 3.05) is 12.1 Å². The fourth-order valence-electron chi connectivity index (χ4n) is 5.06. The van der Waals surface area contributed by atoms with E-state index in [0.717, 1.165) is 16.7 Å². The van der Waals surface area contributed by atoms with Crippen LogP contribution in [-0.4, -0.2) is 18.5 Å². The first-order chi connectivity index (χ1) is 16.0. The van der Waals surface area contributed by atoms with Crippen molar-refractivity contribution in [3.63, 3.8) is 0 Å². The Morgan fingerprint density at radius 2 is 1.82 bits per heavy atom. The molecule has 6 rings (SSSR count). The van der Waals surface area contributed by atoms with Gasteiger partial charge in [0.25, 0.3) is 5.91 Å². The van der Waals surface area contributed by atoms with Crippen molar-refractivity contribution >= 4 is 23.5 Å². The quantitative estimate of drug-likeness (QED) is 0.584. The van der Waals surface area contributed by atoms with Gasteiger partial charge in [0.2, 0.25) is 12.4 Å². The number of carbonyl (C=O) groups is 2. The number of ketones is 1. The highest BCUT2D eigenvalue weighted by molar-refractivity contribution is 6.13. The minimum absolute atomic E-state index is 0.115. The van der Waals surface area contributed by atoms with Crippen molar-refractivity contribution in [2.24, 2.45) is 0 Å². The van der Waals surface area contributed by atoms with Crippen LogP contribution in [0.25, 0.3) is 6.08 Å². The molecule has 3 heterocycles. The first-order valence-corrected chi connectivity index (χ1v) is 10.8. The molecule has 0 saturated carbocycles. The second-order valence-corrected chi connectivity index (χ2v) is 8.52. The molecule has 6 nitrogen and oxygen atoms in total. The molecule has 0 aromatic heterocycles. The van der Waals surface area contributed by atoms with E-state index in [1.165, 1.54) is 6.92 Å². The van der Waals surface area contributed by atoms with Crippen molar-refractivity contribution in [2.45, 2.75) is 25.4 Å². The summed E-state index contributed by atoms with van der Waals surface area (Å²) in [6.45, 7) is 3.58. The maximum Gasteiger partial charge on any atom is 0.274 e. The second-order valence-electron chi connectivity index (χ2n) is 8.52. The maximum absolute atomic E-state index is 13.7. The molecule has 0 bridgehead atoms. The third-order valence-corrected chi connectivity index (χ3v) is 6.57. The van der Waals surface area contributed by atoms with Gasteiger partial charge in [0.1, 0.15) is 5.75 Å². The Morgan fingerprint density at radius 1 is 1.06 bits per heavy atom. The molecule has 0 unspecified atom stereocenters. The molecule has 3 aromatic rings. The number of ether oxygens (including phenoxy) is 3. The Kier molecular flexibility index (Phi) is 4.14. The Morgan fingerprint density at radius 3 is 2.58 bits per heavy atom. The standard InChI is InChI=1S/C27H21NO5/c1-15-8-10-18(16(2)29)25-24(15)27(26(30)28-25)20(11-9-17-6-4-3-5-7-17)19-12-22-23(32-14-31-22)13-21(19)33-27/h3-13,20H,14H2,1-2H3,(H,28,30)/b11-9+/t20-,27-/m0/s1. The van der Waals surface area contributed by atoms with Crippen molar-refractivity contribution in [1.82, 2.24) is 0 Å². The molecule has 1 N–H and O–H groups in total. The highest BCUT2D eigenvalue weighted by Crippen LogP contribution is 2.59. The summed E-state index contributed by atoms with van der Waals surface area (Å²) < 4.78 is 17.7. The molecular weight excluding hydrogens is 418 g/mol. The zero-order chi connectivity index (χ0) is 22.7. The van der Waals surface area contributed by atoms with Crippen LogP contribution in [0.4, 0.5) is 5.69 Å². The summed E-state index contributed by atoms with van der Waals surface area (Å²) in [5.41, 5.74) is 3.07. The van der Waals surface area contributed by atoms with Crippen LogP contribution in [0.2, 0.25) is 0 Å². The largest absolute Gasteiger partial charge is 0.471 e. The number of anilines is 1. The van der Waals surface area contributed by atoms with Crippen LogP contribution in [0.3, 0.4) is 0 Å². The number of aryl methyl sites for hydroxylation is 1. The van der Waals surface area contributed by atoms with Crippen LogP contribution in [0.1, 0.15) is 45.5 Å². The third-order valence-electron chi connectivity index (χ3n) is 6.57. The minimum Gasteiger partial charge on any atom is -0.471 e. The lowest BCUT2D eigenvalue weighted by molar-refractivity contribution is -0.130. The SMILES string of the molecule is CC(=O)c1ccc(C)c2c1NC(=O)[C@@]21Oc2cc3c(cc2[C@@H]1/C=C/c1ccccc1)OCO3. The summed E-state index contributed by atoms with van der Waals surface area (Å²) in [6.07, 6.45) is 3.99. The number of nitrogens with one attached hydrogen (secondary N) is 1. The Hall–Kier alpha value is -4.06. The van der Waals surface area contributed by atoms with E-state index in [9.17, 15) is 9.59 Å². The fraction of sp³-hybridized carbons (Fsp3) is 0.185. The molecule has 1 amide bonds. The molecule has 6 heteroatoms. The van der Waals surface area contributed by atoms with Gasteiger partial charge in [-0.25, -0.2) is 0 Å². The first-order valence-electron chi connectivity index (χ1n) is 10.8. The van der Waals surface area contributed by atoms with E-state index < -0.39 is 11.5 Å². The summed E-state index contributed by atoms with van der Waals surface area (Å²) in [7, 11) is 0. The molecular formula is C27H21NO5. The number of amides is 1. The summed E-state index contributed by atoms with van der Waals surface area (Å²) in [6, 6.07) is 17.2. The number of Topliss-reactive ketones (excluding diaryl/α,β-unsaturated/α-hetero) is 1. The molecule has 0 aliphatic carbocycles. The van der Waals surface area contributed by atoms with Gasteiger partial charge in [-0.1, -0.05) is 48.6 Å². The summed E-state index contributed by atoms with van der Waals surface area (Å²) in [5.74, 6) is 0.929. The molecule has 3 aromatic carbocycles. The highest BCUT2D eigenvalue weighted by atomic mass is 16.7. The van der Waals surface area contributed by atoms with E-state index in [0.29, 0.717) is 34.1 Å². The molecule has 3 aliphatic rings. The van der Waals surface area contributed by atoms with Crippen LogP contribution in [0.15, 0.2) is 60.7 Å². The average molecular weight is 439 g/mol. The van der Waals surface area contributed by atoms with E-state index in [2.05, 4.69) is 5.32 Å². The van der Waals surface area contributed by atoms with E-state index in [1.807, 2.05) is 61.5 Å². The monoisotopic (exact) mass is 439 g/mol. The van der Waals surface area contributed by atoms with Crippen molar-refractivity contribution in [3.05, 3.63) is 88.5 Å². The topological polar surface area (TPSA) is 73.9 Å². The highest BCUT2D eigenvalue weighted by Gasteiger charge is 2.60. The lowest BCUT2D eigenvalue weighted by atomic mass is 9.77. The van der Waals surface area contributed by atoms with Crippen LogP contribution < -0.4 is 19.5 Å². The Labute approximate surface area is 190 Å². The third kappa shape index (κ3) is 2.73. The van der Waals surface area contributed by atoms with Gasteiger partial charge in [0, 0.05) is 22.8 Å². The predicted octanol–water partition coefficient (Wildman–Crippen LogP) is 4.96. The van der Waals surface area contributed by atoms with Gasteiger partial charge in [-0.3, -0.25) is 9.59 Å². The smallest absolute Gasteiger partial charge is 0.274 e. The number of carbonyl (C=O) groups excluding carboxylic acids is 2. The van der Waals surface area contributed by atoms with Gasteiger partial charge >= 0.3 is 0 Å². The molecule has 0 fully saturated rings. The van der Waals surface area contributed by atoms with Gasteiger partial charge in [-0.2, -0.15) is 0 Å². The number of fused-ring (bicyclic) bond motifs is 4. The lowest BCUT2D eigenvalue weighted by Gasteiger charge is -2.28. The van der Waals surface area contributed by atoms with E-state index in [1.54, 1.807) is 12.1 Å². The molecule has 164 valence electrons. The van der Waals surface area contributed by atoms with Gasteiger partial charge in [0.15, 0.2) is 17.3 Å². The van der Waals surface area contributed by atoms with E-state index in [4.69, 9.17) is 14.2 Å². The zero-order valence-corrected chi connectivity index (χ0v) is 18.2. The van der Waals surface area contributed by atoms with Gasteiger partial charge in [0.05, 0.1) is 11.6 Å². The summed E-state index contributed by atoms with van der Waals surface area (Å²) in [4.78, 5) is 26.0. The van der Waals surface area contributed by atoms with E-state index in [-0.39, 0.29) is 18.5 Å². The maximum atomic E-state index is 13.7. The molecule has 0 saturated heterocycles. The molecule has 33 heavy (non-hydrogen) atoms. The predicted molar refractivity (Wildman–Crippen MR) is 123 cm³/mol. The fourth-order valence-corrected chi connectivity index (χ4v) is 5.06. The number of rotatable bonds is 3. The lowest BCUT2D eigenvalue weighted by Crippen LogP contribution is -2.42. The Bertz CT molecular complexity index is 1360.